The van der Waals surface area contributed by atoms with Crippen molar-refractivity contribution in [2.75, 3.05) is 0 Å². The molecule has 0 radical (unpaired) electrons. The van der Waals surface area contributed by atoms with Crippen molar-refractivity contribution in [2.45, 2.75) is 25.7 Å². The van der Waals surface area contributed by atoms with Crippen LogP contribution in [0.15, 0.2) is 84.9 Å². The van der Waals surface area contributed by atoms with Gasteiger partial charge in [0.15, 0.2) is 0 Å². The lowest BCUT2D eigenvalue weighted by atomic mass is 9.84. The summed E-state index contributed by atoms with van der Waals surface area (Å²) in [5, 5.41) is 0. The van der Waals surface area contributed by atoms with Crippen LogP contribution in [-0.2, 0) is 0 Å². The van der Waals surface area contributed by atoms with Crippen LogP contribution in [0.4, 0.5) is 0 Å². The van der Waals surface area contributed by atoms with Crippen LogP contribution >= 0.6 is 0 Å². The largest absolute Gasteiger partial charge is 0.0622 e. The van der Waals surface area contributed by atoms with E-state index in [2.05, 4.69) is 98.8 Å². The summed E-state index contributed by atoms with van der Waals surface area (Å²) in [5.41, 5.74) is 5.45. The summed E-state index contributed by atoms with van der Waals surface area (Å²) in [6.07, 6.45) is 0. The van der Waals surface area contributed by atoms with E-state index in [4.69, 9.17) is 0 Å². The Labute approximate surface area is 133 Å². The van der Waals surface area contributed by atoms with Crippen LogP contribution in [0.5, 0.6) is 0 Å². The van der Waals surface area contributed by atoms with Crippen molar-refractivity contribution in [1.82, 2.24) is 0 Å². The van der Waals surface area contributed by atoms with Gasteiger partial charge in [0, 0.05) is 5.92 Å². The normalized spacial score (nSPS) is 11.1. The minimum Gasteiger partial charge on any atom is -0.0622 e. The molecule has 0 N–H and O–H groups in total. The lowest BCUT2D eigenvalue weighted by molar-refractivity contribution is 0.857. The maximum Gasteiger partial charge on any atom is 0.0340 e. The summed E-state index contributed by atoms with van der Waals surface area (Å²) >= 11 is 0. The molecule has 0 spiro atoms. The van der Waals surface area contributed by atoms with E-state index in [1.807, 2.05) is 0 Å². The first-order valence-electron chi connectivity index (χ1n) is 7.95. The third-order valence-corrected chi connectivity index (χ3v) is 4.18. The van der Waals surface area contributed by atoms with E-state index in [9.17, 15) is 0 Å². The highest BCUT2D eigenvalue weighted by atomic mass is 14.2. The van der Waals surface area contributed by atoms with Crippen LogP contribution in [0.25, 0.3) is 0 Å². The van der Waals surface area contributed by atoms with Gasteiger partial charge in [-0.25, -0.2) is 0 Å². The Bertz CT molecular complexity index is 672. The minimum absolute atomic E-state index is 0.293. The van der Waals surface area contributed by atoms with Gasteiger partial charge in [-0.2, -0.15) is 0 Å². The van der Waals surface area contributed by atoms with Gasteiger partial charge in [0.1, 0.15) is 0 Å². The average molecular weight is 286 g/mol. The molecule has 0 bridgehead atoms. The van der Waals surface area contributed by atoms with Gasteiger partial charge >= 0.3 is 0 Å². The monoisotopic (exact) mass is 286 g/mol. The van der Waals surface area contributed by atoms with Gasteiger partial charge in [0.25, 0.3) is 0 Å². The molecule has 3 aromatic carbocycles. The zero-order chi connectivity index (χ0) is 15.4. The highest BCUT2D eigenvalue weighted by Gasteiger charge is 2.16. The standard InChI is InChI=1S/C22H22/c1-17(2)20-14-9-15-21(16-20)22(18-10-5-3-6-11-18)19-12-7-4-8-13-19/h3-17,22H,1-2H3. The predicted molar refractivity (Wildman–Crippen MR) is 94.4 cm³/mol. The Morgan fingerprint density at radius 2 is 0.955 bits per heavy atom. The molecule has 0 saturated heterocycles. The molecule has 0 nitrogen and oxygen atoms in total. The van der Waals surface area contributed by atoms with Crippen molar-refractivity contribution in [1.29, 1.82) is 0 Å². The first-order chi connectivity index (χ1) is 10.8. The number of hydrogen-bond acceptors (Lipinski definition) is 0. The van der Waals surface area contributed by atoms with Crippen LogP contribution in [0, 0.1) is 0 Å². The van der Waals surface area contributed by atoms with Crippen LogP contribution in [0.1, 0.15) is 47.9 Å². The molecule has 110 valence electrons. The second-order valence-electron chi connectivity index (χ2n) is 6.08. The van der Waals surface area contributed by atoms with Crippen molar-refractivity contribution in [3.05, 3.63) is 107 Å². The Morgan fingerprint density at radius 1 is 0.500 bits per heavy atom. The molecule has 22 heavy (non-hydrogen) atoms. The number of benzene rings is 3. The van der Waals surface area contributed by atoms with E-state index in [0.29, 0.717) is 11.8 Å². The first-order valence-corrected chi connectivity index (χ1v) is 7.95. The van der Waals surface area contributed by atoms with E-state index < -0.39 is 0 Å². The summed E-state index contributed by atoms with van der Waals surface area (Å²) < 4.78 is 0. The Hall–Kier alpha value is -2.34. The van der Waals surface area contributed by atoms with Crippen LogP contribution in [-0.4, -0.2) is 0 Å². The van der Waals surface area contributed by atoms with E-state index in [-0.39, 0.29) is 0 Å². The second kappa shape index (κ2) is 6.62. The van der Waals surface area contributed by atoms with Crippen molar-refractivity contribution >= 4 is 0 Å². The van der Waals surface area contributed by atoms with Gasteiger partial charge in [-0.1, -0.05) is 98.8 Å². The van der Waals surface area contributed by atoms with E-state index in [1.165, 1.54) is 22.3 Å². The molecular weight excluding hydrogens is 264 g/mol. The second-order valence-corrected chi connectivity index (χ2v) is 6.08. The lowest BCUT2D eigenvalue weighted by Crippen LogP contribution is -2.04. The molecule has 0 aliphatic rings. The molecular formula is C22H22. The van der Waals surface area contributed by atoms with Gasteiger partial charge in [-0.15, -0.1) is 0 Å². The molecule has 0 aliphatic carbocycles. The molecule has 0 aromatic heterocycles. The van der Waals surface area contributed by atoms with E-state index >= 15 is 0 Å². The van der Waals surface area contributed by atoms with Gasteiger partial charge in [0.2, 0.25) is 0 Å². The van der Waals surface area contributed by atoms with Gasteiger partial charge in [-0.05, 0) is 28.2 Å². The van der Waals surface area contributed by atoms with Gasteiger partial charge < -0.3 is 0 Å². The fourth-order valence-corrected chi connectivity index (χ4v) is 2.97. The van der Waals surface area contributed by atoms with E-state index in [0.717, 1.165) is 0 Å². The van der Waals surface area contributed by atoms with Crippen LogP contribution < -0.4 is 0 Å². The van der Waals surface area contributed by atoms with Crippen molar-refractivity contribution in [3.63, 3.8) is 0 Å². The molecule has 3 rings (SSSR count). The Kier molecular flexibility index (Phi) is 4.39. The summed E-state index contributed by atoms with van der Waals surface area (Å²) in [4.78, 5) is 0. The number of rotatable bonds is 4. The SMILES string of the molecule is CC(C)c1cccc(C(c2ccccc2)c2ccccc2)c1. The summed E-state index contributed by atoms with van der Waals surface area (Å²) in [6.45, 7) is 4.50. The van der Waals surface area contributed by atoms with Crippen molar-refractivity contribution in [3.8, 4) is 0 Å². The smallest absolute Gasteiger partial charge is 0.0340 e. The average Bonchev–Trinajstić information content (AvgIpc) is 2.57. The third-order valence-electron chi connectivity index (χ3n) is 4.18. The molecule has 0 heterocycles. The maximum atomic E-state index is 2.36. The molecule has 0 amide bonds. The fourth-order valence-electron chi connectivity index (χ4n) is 2.97. The highest BCUT2D eigenvalue weighted by Crippen LogP contribution is 2.33. The summed E-state index contributed by atoms with van der Waals surface area (Å²) in [5.74, 6) is 0.841. The molecule has 0 unspecified atom stereocenters. The van der Waals surface area contributed by atoms with Crippen molar-refractivity contribution in [2.24, 2.45) is 0 Å². The Morgan fingerprint density at radius 3 is 1.45 bits per heavy atom. The summed E-state index contributed by atoms with van der Waals surface area (Å²) in [6, 6.07) is 30.5. The molecule has 0 aliphatic heterocycles. The molecule has 0 atom stereocenters. The predicted octanol–water partition coefficient (Wildman–Crippen LogP) is 5.99. The maximum absolute atomic E-state index is 2.36. The molecule has 3 aromatic rings. The topological polar surface area (TPSA) is 0 Å². The minimum atomic E-state index is 0.293. The van der Waals surface area contributed by atoms with Gasteiger partial charge in [0.05, 0.1) is 0 Å². The van der Waals surface area contributed by atoms with E-state index in [1.54, 1.807) is 0 Å². The molecule has 0 fully saturated rings. The highest BCUT2D eigenvalue weighted by molar-refractivity contribution is 5.44. The quantitative estimate of drug-likeness (QED) is 0.517. The number of hydrogen-bond donors (Lipinski definition) is 0. The van der Waals surface area contributed by atoms with Crippen LogP contribution in [0.2, 0.25) is 0 Å². The van der Waals surface area contributed by atoms with Gasteiger partial charge in [-0.3, -0.25) is 0 Å². The summed E-state index contributed by atoms with van der Waals surface area (Å²) in [7, 11) is 0. The third kappa shape index (κ3) is 3.12. The van der Waals surface area contributed by atoms with Crippen LogP contribution in [0.3, 0.4) is 0 Å². The lowest BCUT2D eigenvalue weighted by Gasteiger charge is -2.20. The van der Waals surface area contributed by atoms with Crippen molar-refractivity contribution < 1.29 is 0 Å². The Balaban J connectivity index is 2.12. The molecule has 0 heteroatoms. The zero-order valence-corrected chi connectivity index (χ0v) is 13.2. The molecule has 0 saturated carbocycles. The zero-order valence-electron chi connectivity index (χ0n) is 13.2. The first kappa shape index (κ1) is 14.6. The fraction of sp³-hybridized carbons (Fsp3) is 0.182.